The molecule has 0 saturated heterocycles. The lowest BCUT2D eigenvalue weighted by molar-refractivity contribution is 0.240. The SMILES string of the molecule is Cc1cc(C(CN)N(C)Cc2ccoc2C)c(C)s1. The smallest absolute Gasteiger partial charge is 0.105 e. The van der Waals surface area contributed by atoms with Gasteiger partial charge < -0.3 is 10.2 Å². The van der Waals surface area contributed by atoms with Crippen LogP contribution in [0.5, 0.6) is 0 Å². The molecule has 0 aliphatic heterocycles. The van der Waals surface area contributed by atoms with E-state index in [1.165, 1.54) is 20.9 Å². The summed E-state index contributed by atoms with van der Waals surface area (Å²) in [4.78, 5) is 5.01. The van der Waals surface area contributed by atoms with Crippen molar-refractivity contribution < 1.29 is 4.42 Å². The Balaban J connectivity index is 2.18. The summed E-state index contributed by atoms with van der Waals surface area (Å²) < 4.78 is 5.36. The van der Waals surface area contributed by atoms with Crippen molar-refractivity contribution in [2.75, 3.05) is 13.6 Å². The molecule has 0 spiro atoms. The molecule has 2 aromatic heterocycles. The fourth-order valence-corrected chi connectivity index (χ4v) is 3.46. The van der Waals surface area contributed by atoms with Crippen LogP contribution in [0.3, 0.4) is 0 Å². The maximum Gasteiger partial charge on any atom is 0.105 e. The molecule has 0 fully saturated rings. The topological polar surface area (TPSA) is 42.4 Å². The predicted molar refractivity (Wildman–Crippen MR) is 80.5 cm³/mol. The third-order valence-corrected chi connectivity index (χ3v) is 4.56. The Morgan fingerprint density at radius 3 is 2.58 bits per heavy atom. The Hall–Kier alpha value is -1.10. The second-order valence-corrected chi connectivity index (χ2v) is 6.50. The van der Waals surface area contributed by atoms with E-state index in [1.54, 1.807) is 6.26 Å². The van der Waals surface area contributed by atoms with Crippen LogP contribution in [0.15, 0.2) is 22.8 Å². The molecule has 4 heteroatoms. The third-order valence-electron chi connectivity index (χ3n) is 3.58. The second kappa shape index (κ2) is 5.90. The lowest BCUT2D eigenvalue weighted by atomic mass is 10.1. The number of rotatable bonds is 5. The maximum atomic E-state index is 5.99. The summed E-state index contributed by atoms with van der Waals surface area (Å²) in [6.45, 7) is 7.81. The zero-order valence-electron chi connectivity index (χ0n) is 12.1. The van der Waals surface area contributed by atoms with Crippen molar-refractivity contribution in [2.24, 2.45) is 5.73 Å². The van der Waals surface area contributed by atoms with E-state index in [2.05, 4.69) is 31.9 Å². The Labute approximate surface area is 119 Å². The molecular formula is C15H22N2OS. The van der Waals surface area contributed by atoms with Gasteiger partial charge in [0.25, 0.3) is 0 Å². The highest BCUT2D eigenvalue weighted by molar-refractivity contribution is 7.12. The van der Waals surface area contributed by atoms with E-state index in [0.29, 0.717) is 6.54 Å². The fraction of sp³-hybridized carbons (Fsp3) is 0.467. The van der Waals surface area contributed by atoms with Crippen LogP contribution < -0.4 is 5.73 Å². The van der Waals surface area contributed by atoms with Gasteiger partial charge in [0.2, 0.25) is 0 Å². The van der Waals surface area contributed by atoms with Gasteiger partial charge >= 0.3 is 0 Å². The van der Waals surface area contributed by atoms with Gasteiger partial charge in [-0.15, -0.1) is 11.3 Å². The van der Waals surface area contributed by atoms with Crippen molar-refractivity contribution in [3.63, 3.8) is 0 Å². The molecule has 19 heavy (non-hydrogen) atoms. The van der Waals surface area contributed by atoms with Gasteiger partial charge in [0.05, 0.1) is 6.26 Å². The molecule has 2 N–H and O–H groups in total. The molecule has 0 aliphatic carbocycles. The molecule has 0 aliphatic rings. The van der Waals surface area contributed by atoms with Crippen molar-refractivity contribution in [1.82, 2.24) is 4.90 Å². The number of aryl methyl sites for hydroxylation is 3. The van der Waals surface area contributed by atoms with E-state index in [-0.39, 0.29) is 6.04 Å². The molecule has 0 radical (unpaired) electrons. The molecule has 0 bridgehead atoms. The number of hydrogen-bond donors (Lipinski definition) is 1. The van der Waals surface area contributed by atoms with Gasteiger partial charge in [-0.05, 0) is 45.5 Å². The van der Waals surface area contributed by atoms with Crippen LogP contribution in [0.1, 0.15) is 32.7 Å². The van der Waals surface area contributed by atoms with Crippen LogP contribution in [0.4, 0.5) is 0 Å². The number of nitrogens with zero attached hydrogens (tertiary/aromatic N) is 1. The van der Waals surface area contributed by atoms with E-state index in [4.69, 9.17) is 10.2 Å². The summed E-state index contributed by atoms with van der Waals surface area (Å²) in [6.07, 6.45) is 1.75. The lowest BCUT2D eigenvalue weighted by Crippen LogP contribution is -2.30. The molecule has 2 aromatic rings. The highest BCUT2D eigenvalue weighted by Gasteiger charge is 2.20. The van der Waals surface area contributed by atoms with Gasteiger partial charge in [-0.25, -0.2) is 0 Å². The average molecular weight is 278 g/mol. The molecule has 104 valence electrons. The Bertz CT molecular complexity index is 544. The maximum absolute atomic E-state index is 5.99. The Kier molecular flexibility index (Phi) is 4.45. The first kappa shape index (κ1) is 14.3. The van der Waals surface area contributed by atoms with E-state index >= 15 is 0 Å². The first-order valence-corrected chi connectivity index (χ1v) is 7.34. The summed E-state index contributed by atoms with van der Waals surface area (Å²) in [5.41, 5.74) is 8.57. The van der Waals surface area contributed by atoms with Crippen molar-refractivity contribution in [2.45, 2.75) is 33.4 Å². The minimum Gasteiger partial charge on any atom is -0.469 e. The first-order chi connectivity index (χ1) is 9.02. The van der Waals surface area contributed by atoms with E-state index < -0.39 is 0 Å². The van der Waals surface area contributed by atoms with E-state index in [1.807, 2.05) is 24.3 Å². The summed E-state index contributed by atoms with van der Waals surface area (Å²) in [5, 5.41) is 0. The zero-order valence-corrected chi connectivity index (χ0v) is 12.9. The summed E-state index contributed by atoms with van der Waals surface area (Å²) >= 11 is 1.84. The number of furan rings is 1. The summed E-state index contributed by atoms with van der Waals surface area (Å²) in [6, 6.07) is 4.56. The van der Waals surface area contributed by atoms with Crippen LogP contribution >= 0.6 is 11.3 Å². The minimum absolute atomic E-state index is 0.263. The molecule has 0 aromatic carbocycles. The van der Waals surface area contributed by atoms with Crippen LogP contribution in [-0.2, 0) is 6.54 Å². The van der Waals surface area contributed by atoms with Gasteiger partial charge in [-0.1, -0.05) is 0 Å². The quantitative estimate of drug-likeness (QED) is 0.911. The van der Waals surface area contributed by atoms with Crippen LogP contribution in [-0.4, -0.2) is 18.5 Å². The number of likely N-dealkylation sites (N-methyl/N-ethyl adjacent to an activating group) is 1. The number of hydrogen-bond acceptors (Lipinski definition) is 4. The van der Waals surface area contributed by atoms with Gasteiger partial charge in [-0.3, -0.25) is 4.90 Å². The molecule has 1 atom stereocenters. The van der Waals surface area contributed by atoms with E-state index in [0.717, 1.165) is 12.3 Å². The third kappa shape index (κ3) is 3.08. The van der Waals surface area contributed by atoms with Crippen LogP contribution in [0.25, 0.3) is 0 Å². The molecule has 3 nitrogen and oxygen atoms in total. The molecule has 2 rings (SSSR count). The van der Waals surface area contributed by atoms with Gasteiger partial charge in [-0.2, -0.15) is 0 Å². The van der Waals surface area contributed by atoms with E-state index in [9.17, 15) is 0 Å². The number of nitrogens with two attached hydrogens (primary N) is 1. The standard InChI is InChI=1S/C15H22N2OS/c1-10-7-14(12(3)19-10)15(8-16)17(4)9-13-5-6-18-11(13)2/h5-7,15H,8-9,16H2,1-4H3. The lowest BCUT2D eigenvalue weighted by Gasteiger charge is -2.27. The monoisotopic (exact) mass is 278 g/mol. The predicted octanol–water partition coefficient (Wildman–Crippen LogP) is 3.40. The normalized spacial score (nSPS) is 13.2. The van der Waals surface area contributed by atoms with Gasteiger partial charge in [0.1, 0.15) is 5.76 Å². The van der Waals surface area contributed by atoms with Crippen molar-refractivity contribution in [3.8, 4) is 0 Å². The van der Waals surface area contributed by atoms with Crippen molar-refractivity contribution in [1.29, 1.82) is 0 Å². The first-order valence-electron chi connectivity index (χ1n) is 6.53. The Morgan fingerprint density at radius 2 is 2.11 bits per heavy atom. The van der Waals surface area contributed by atoms with Crippen LogP contribution in [0, 0.1) is 20.8 Å². The van der Waals surface area contributed by atoms with Gasteiger partial charge in [0.15, 0.2) is 0 Å². The second-order valence-electron chi connectivity index (χ2n) is 5.04. The summed E-state index contributed by atoms with van der Waals surface area (Å²) in [7, 11) is 2.12. The Morgan fingerprint density at radius 1 is 1.37 bits per heavy atom. The highest BCUT2D eigenvalue weighted by Crippen LogP contribution is 2.30. The van der Waals surface area contributed by atoms with Crippen molar-refractivity contribution >= 4 is 11.3 Å². The molecule has 1 unspecified atom stereocenters. The van der Waals surface area contributed by atoms with Crippen molar-refractivity contribution in [3.05, 3.63) is 45.0 Å². The highest BCUT2D eigenvalue weighted by atomic mass is 32.1. The summed E-state index contributed by atoms with van der Waals surface area (Å²) in [5.74, 6) is 0.987. The fourth-order valence-electron chi connectivity index (χ4n) is 2.48. The average Bonchev–Trinajstić information content (AvgIpc) is 2.88. The molecule has 0 saturated carbocycles. The minimum atomic E-state index is 0.263. The largest absolute Gasteiger partial charge is 0.469 e. The number of thiophene rings is 1. The zero-order chi connectivity index (χ0) is 14.0. The molecule has 2 heterocycles. The van der Waals surface area contributed by atoms with Crippen LogP contribution in [0.2, 0.25) is 0 Å². The molecule has 0 amide bonds. The molecular weight excluding hydrogens is 256 g/mol. The van der Waals surface area contributed by atoms with Gasteiger partial charge in [0, 0.05) is 34.4 Å².